The standard InChI is InChI=1S/C17H21N3O6S/c1-11-8-14(19-26-11)18-15(21)10-25-16(22)12-6-5-7-13(9-12)27(23,24)20-17(2,3)4/h5-9,20H,10H2,1-4H3,(H,18,19,21). The minimum Gasteiger partial charge on any atom is -0.452 e. The van der Waals surface area contributed by atoms with Crippen LogP contribution in [0.15, 0.2) is 39.8 Å². The van der Waals surface area contributed by atoms with Gasteiger partial charge in [-0.05, 0) is 45.9 Å². The Balaban J connectivity index is 2.01. The van der Waals surface area contributed by atoms with Crippen LogP contribution < -0.4 is 10.0 Å². The highest BCUT2D eigenvalue weighted by Crippen LogP contribution is 2.15. The van der Waals surface area contributed by atoms with Crippen LogP contribution in [0.4, 0.5) is 5.82 Å². The summed E-state index contributed by atoms with van der Waals surface area (Å²) in [6.07, 6.45) is 0. The van der Waals surface area contributed by atoms with E-state index in [1.165, 1.54) is 30.3 Å². The molecule has 146 valence electrons. The van der Waals surface area contributed by atoms with Gasteiger partial charge in [-0.3, -0.25) is 4.79 Å². The van der Waals surface area contributed by atoms with Crippen LogP contribution >= 0.6 is 0 Å². The van der Waals surface area contributed by atoms with Gasteiger partial charge in [-0.25, -0.2) is 17.9 Å². The summed E-state index contributed by atoms with van der Waals surface area (Å²) in [6, 6.07) is 6.89. The molecule has 0 atom stereocenters. The highest BCUT2D eigenvalue weighted by Gasteiger charge is 2.23. The van der Waals surface area contributed by atoms with Crippen LogP contribution in [0.3, 0.4) is 0 Å². The van der Waals surface area contributed by atoms with Crippen molar-refractivity contribution in [2.75, 3.05) is 11.9 Å². The third-order valence-electron chi connectivity index (χ3n) is 3.05. The molecule has 1 aromatic heterocycles. The third-order valence-corrected chi connectivity index (χ3v) is 4.81. The first-order valence-corrected chi connectivity index (χ1v) is 9.49. The average molecular weight is 395 g/mol. The molecule has 0 saturated heterocycles. The van der Waals surface area contributed by atoms with E-state index in [0.29, 0.717) is 5.76 Å². The van der Waals surface area contributed by atoms with E-state index in [2.05, 4.69) is 15.2 Å². The molecule has 0 aliphatic rings. The number of hydrogen-bond acceptors (Lipinski definition) is 7. The molecule has 2 rings (SSSR count). The van der Waals surface area contributed by atoms with Crippen molar-refractivity contribution in [3.63, 3.8) is 0 Å². The van der Waals surface area contributed by atoms with E-state index in [9.17, 15) is 18.0 Å². The normalized spacial score (nSPS) is 11.9. The Morgan fingerprint density at radius 3 is 2.52 bits per heavy atom. The van der Waals surface area contributed by atoms with Gasteiger partial charge in [0.05, 0.1) is 10.5 Å². The Morgan fingerprint density at radius 1 is 1.22 bits per heavy atom. The summed E-state index contributed by atoms with van der Waals surface area (Å²) >= 11 is 0. The molecule has 0 fully saturated rings. The first-order valence-electron chi connectivity index (χ1n) is 8.01. The number of hydrogen-bond donors (Lipinski definition) is 2. The number of aromatic nitrogens is 1. The molecule has 10 heteroatoms. The number of rotatable bonds is 6. The molecule has 1 heterocycles. The van der Waals surface area contributed by atoms with Gasteiger partial charge in [-0.15, -0.1) is 0 Å². The Hall–Kier alpha value is -2.72. The van der Waals surface area contributed by atoms with Gasteiger partial charge < -0.3 is 14.6 Å². The molecule has 1 amide bonds. The lowest BCUT2D eigenvalue weighted by Gasteiger charge is -2.20. The summed E-state index contributed by atoms with van der Waals surface area (Å²) in [5.74, 6) is -0.705. The van der Waals surface area contributed by atoms with Crippen molar-refractivity contribution >= 4 is 27.7 Å². The SMILES string of the molecule is Cc1cc(NC(=O)COC(=O)c2cccc(S(=O)(=O)NC(C)(C)C)c2)no1. The first kappa shape index (κ1) is 20.6. The van der Waals surface area contributed by atoms with Gasteiger partial charge in [-0.2, -0.15) is 0 Å². The van der Waals surface area contributed by atoms with Gasteiger partial charge in [0.2, 0.25) is 10.0 Å². The number of anilines is 1. The van der Waals surface area contributed by atoms with E-state index in [0.717, 1.165) is 0 Å². The molecule has 0 spiro atoms. The monoisotopic (exact) mass is 395 g/mol. The number of amides is 1. The van der Waals surface area contributed by atoms with Crippen molar-refractivity contribution in [3.05, 3.63) is 41.7 Å². The maximum absolute atomic E-state index is 12.4. The number of nitrogens with one attached hydrogen (secondary N) is 2. The molecule has 2 N–H and O–H groups in total. The molecule has 2 aromatic rings. The van der Waals surface area contributed by atoms with Gasteiger partial charge in [0.15, 0.2) is 12.4 Å². The van der Waals surface area contributed by atoms with Crippen LogP contribution in [0.25, 0.3) is 0 Å². The topological polar surface area (TPSA) is 128 Å². The Bertz CT molecular complexity index is 944. The predicted molar refractivity (Wildman–Crippen MR) is 96.7 cm³/mol. The first-order chi connectivity index (χ1) is 12.5. The Labute approximate surface area is 157 Å². The smallest absolute Gasteiger partial charge is 0.338 e. The highest BCUT2D eigenvalue weighted by molar-refractivity contribution is 7.89. The van der Waals surface area contributed by atoms with Crippen molar-refractivity contribution < 1.29 is 27.3 Å². The Morgan fingerprint density at radius 2 is 1.93 bits per heavy atom. The lowest BCUT2D eigenvalue weighted by Crippen LogP contribution is -2.40. The molecule has 0 aliphatic carbocycles. The number of carbonyl (C=O) groups is 2. The summed E-state index contributed by atoms with van der Waals surface area (Å²) in [5.41, 5.74) is -0.663. The zero-order valence-electron chi connectivity index (χ0n) is 15.4. The maximum Gasteiger partial charge on any atom is 0.338 e. The van der Waals surface area contributed by atoms with Crippen LogP contribution in [-0.2, 0) is 19.6 Å². The van der Waals surface area contributed by atoms with Crippen LogP contribution in [0.1, 0.15) is 36.9 Å². The minimum absolute atomic E-state index is 0.0110. The second-order valence-electron chi connectivity index (χ2n) is 6.83. The van der Waals surface area contributed by atoms with Crippen LogP contribution in [0.2, 0.25) is 0 Å². The maximum atomic E-state index is 12.4. The van der Waals surface area contributed by atoms with Crippen molar-refractivity contribution in [1.29, 1.82) is 0 Å². The fourth-order valence-electron chi connectivity index (χ4n) is 2.07. The number of ether oxygens (including phenoxy) is 1. The van der Waals surface area contributed by atoms with Crippen molar-refractivity contribution in [1.82, 2.24) is 9.88 Å². The van der Waals surface area contributed by atoms with E-state index >= 15 is 0 Å². The molecule has 0 saturated carbocycles. The summed E-state index contributed by atoms with van der Waals surface area (Å²) in [4.78, 5) is 23.8. The molecule has 0 unspecified atom stereocenters. The lowest BCUT2D eigenvalue weighted by atomic mass is 10.1. The summed E-state index contributed by atoms with van der Waals surface area (Å²) < 4.78 is 36.9. The molecule has 0 radical (unpaired) electrons. The number of nitrogens with zero attached hydrogens (tertiary/aromatic N) is 1. The number of benzene rings is 1. The lowest BCUT2D eigenvalue weighted by molar-refractivity contribution is -0.119. The fraction of sp³-hybridized carbons (Fsp3) is 0.353. The summed E-state index contributed by atoms with van der Waals surface area (Å²) in [6.45, 7) is 6.23. The van der Waals surface area contributed by atoms with Gasteiger partial charge >= 0.3 is 5.97 Å². The number of carbonyl (C=O) groups excluding carboxylic acids is 2. The molecule has 0 bridgehead atoms. The van der Waals surface area contributed by atoms with E-state index in [-0.39, 0.29) is 16.3 Å². The van der Waals surface area contributed by atoms with E-state index in [4.69, 9.17) is 9.26 Å². The second kappa shape index (κ2) is 7.89. The molecule has 27 heavy (non-hydrogen) atoms. The molecule has 9 nitrogen and oxygen atoms in total. The quantitative estimate of drug-likeness (QED) is 0.715. The van der Waals surface area contributed by atoms with Crippen LogP contribution in [0.5, 0.6) is 0 Å². The minimum atomic E-state index is -3.80. The molecule has 1 aromatic carbocycles. The molecular formula is C17H21N3O6S. The van der Waals surface area contributed by atoms with Crippen molar-refractivity contribution in [3.8, 4) is 0 Å². The van der Waals surface area contributed by atoms with Crippen molar-refractivity contribution in [2.45, 2.75) is 38.1 Å². The van der Waals surface area contributed by atoms with Crippen LogP contribution in [-0.4, -0.2) is 37.6 Å². The summed E-state index contributed by atoms with van der Waals surface area (Å²) in [5, 5.41) is 5.99. The van der Waals surface area contributed by atoms with Gasteiger partial charge in [-0.1, -0.05) is 11.2 Å². The predicted octanol–water partition coefficient (Wildman–Crippen LogP) is 1.86. The van der Waals surface area contributed by atoms with Gasteiger partial charge in [0, 0.05) is 11.6 Å². The molecular weight excluding hydrogens is 374 g/mol. The highest BCUT2D eigenvalue weighted by atomic mass is 32.2. The number of sulfonamides is 1. The van der Waals surface area contributed by atoms with Crippen LogP contribution in [0, 0.1) is 6.92 Å². The zero-order valence-corrected chi connectivity index (χ0v) is 16.2. The number of aryl methyl sites for hydroxylation is 1. The molecule has 0 aliphatic heterocycles. The second-order valence-corrected chi connectivity index (χ2v) is 8.51. The van der Waals surface area contributed by atoms with Crippen molar-refractivity contribution in [2.24, 2.45) is 0 Å². The van der Waals surface area contributed by atoms with E-state index < -0.39 is 34.0 Å². The fourth-order valence-corrected chi connectivity index (χ4v) is 3.53. The summed E-state index contributed by atoms with van der Waals surface area (Å²) in [7, 11) is -3.80. The third kappa shape index (κ3) is 6.19. The van der Waals surface area contributed by atoms with E-state index in [1.807, 2.05) is 0 Å². The Kier molecular flexibility index (Phi) is 6.01. The van der Waals surface area contributed by atoms with Gasteiger partial charge in [0.25, 0.3) is 5.91 Å². The largest absolute Gasteiger partial charge is 0.452 e. The zero-order chi connectivity index (χ0) is 20.2. The number of esters is 1. The average Bonchev–Trinajstić information content (AvgIpc) is 2.95. The van der Waals surface area contributed by atoms with Gasteiger partial charge in [0.1, 0.15) is 5.76 Å². The van der Waals surface area contributed by atoms with E-state index in [1.54, 1.807) is 27.7 Å².